The molecule has 7 heteroatoms. The molecule has 2 aliphatic rings. The third kappa shape index (κ3) is 6.06. The standard InChI is InChI=1S/C27H28ClNO5/c28-22-8-3-19-14-21(15-20(19)16-22)26(31)29-13-1-2-25(30)17-4-9-23(10-5-17)34-24-11-6-18(7-12-24)27(32)33/h3-5,8-10,15-16,18,24H,1-2,6-7,11-14H2,(H,29,31)(H,32,33). The predicted molar refractivity (Wildman–Crippen MR) is 130 cm³/mol. The minimum atomic E-state index is -0.729. The second-order valence-electron chi connectivity index (χ2n) is 8.93. The van der Waals surface area contributed by atoms with Crippen molar-refractivity contribution in [3.63, 3.8) is 0 Å². The second kappa shape index (κ2) is 10.9. The van der Waals surface area contributed by atoms with Gasteiger partial charge in [0.05, 0.1) is 12.0 Å². The Labute approximate surface area is 204 Å². The Morgan fingerprint density at radius 2 is 1.76 bits per heavy atom. The first-order chi connectivity index (χ1) is 16.4. The number of hydrogen-bond acceptors (Lipinski definition) is 4. The van der Waals surface area contributed by atoms with E-state index in [2.05, 4.69) is 5.32 Å². The number of carbonyl (C=O) groups is 3. The molecule has 2 aromatic rings. The van der Waals surface area contributed by atoms with Crippen molar-refractivity contribution >= 4 is 35.3 Å². The van der Waals surface area contributed by atoms with E-state index in [0.717, 1.165) is 24.0 Å². The number of fused-ring (bicyclic) bond motifs is 1. The largest absolute Gasteiger partial charge is 0.490 e. The number of carbonyl (C=O) groups excluding carboxylic acids is 2. The molecule has 1 saturated carbocycles. The predicted octanol–water partition coefficient (Wildman–Crippen LogP) is 5.08. The van der Waals surface area contributed by atoms with Gasteiger partial charge in [-0.2, -0.15) is 0 Å². The Morgan fingerprint density at radius 1 is 1.03 bits per heavy atom. The summed E-state index contributed by atoms with van der Waals surface area (Å²) in [7, 11) is 0. The molecule has 0 saturated heterocycles. The first-order valence-electron chi connectivity index (χ1n) is 11.7. The molecular formula is C27H28ClNO5. The summed E-state index contributed by atoms with van der Waals surface area (Å²) in [6.07, 6.45) is 6.07. The van der Waals surface area contributed by atoms with E-state index in [4.69, 9.17) is 21.4 Å². The zero-order chi connectivity index (χ0) is 24.1. The van der Waals surface area contributed by atoms with Crippen LogP contribution in [0, 0.1) is 5.92 Å². The van der Waals surface area contributed by atoms with E-state index < -0.39 is 5.97 Å². The minimum Gasteiger partial charge on any atom is -0.490 e. The van der Waals surface area contributed by atoms with E-state index in [0.29, 0.717) is 60.6 Å². The number of aliphatic carboxylic acids is 1. The van der Waals surface area contributed by atoms with E-state index in [1.165, 1.54) is 0 Å². The van der Waals surface area contributed by atoms with Gasteiger partial charge in [-0.05, 0) is 85.7 Å². The normalized spacial score (nSPS) is 19.1. The first kappa shape index (κ1) is 24.0. The lowest BCUT2D eigenvalue weighted by Gasteiger charge is -2.26. The Morgan fingerprint density at radius 3 is 2.47 bits per heavy atom. The Balaban J connectivity index is 1.17. The van der Waals surface area contributed by atoms with Crippen molar-refractivity contribution in [2.75, 3.05) is 6.54 Å². The second-order valence-corrected chi connectivity index (χ2v) is 9.36. The molecule has 0 aliphatic heterocycles. The molecule has 1 fully saturated rings. The van der Waals surface area contributed by atoms with Crippen LogP contribution >= 0.6 is 11.6 Å². The third-order valence-electron chi connectivity index (χ3n) is 6.48. The van der Waals surface area contributed by atoms with Gasteiger partial charge in [-0.15, -0.1) is 0 Å². The van der Waals surface area contributed by atoms with E-state index in [-0.39, 0.29) is 23.7 Å². The van der Waals surface area contributed by atoms with Gasteiger partial charge in [0.1, 0.15) is 5.75 Å². The molecule has 0 spiro atoms. The molecule has 4 rings (SSSR count). The smallest absolute Gasteiger partial charge is 0.306 e. The Hall–Kier alpha value is -3.12. The summed E-state index contributed by atoms with van der Waals surface area (Å²) in [5.74, 6) is -0.402. The highest BCUT2D eigenvalue weighted by atomic mass is 35.5. The molecule has 34 heavy (non-hydrogen) atoms. The summed E-state index contributed by atoms with van der Waals surface area (Å²) in [6, 6.07) is 12.7. The van der Waals surface area contributed by atoms with Crippen LogP contribution in [0.5, 0.6) is 5.75 Å². The maximum absolute atomic E-state index is 12.5. The zero-order valence-corrected chi connectivity index (χ0v) is 19.6. The lowest BCUT2D eigenvalue weighted by atomic mass is 9.87. The molecule has 2 N–H and O–H groups in total. The van der Waals surface area contributed by atoms with Crippen LogP contribution in [0.15, 0.2) is 48.0 Å². The molecule has 0 heterocycles. The van der Waals surface area contributed by atoms with Crippen molar-refractivity contribution in [1.29, 1.82) is 0 Å². The minimum absolute atomic E-state index is 0.0144. The highest BCUT2D eigenvalue weighted by molar-refractivity contribution is 6.30. The number of Topliss-reactive ketones (excluding diaryl/α,β-unsaturated/α-hetero) is 1. The Bertz CT molecular complexity index is 1100. The van der Waals surface area contributed by atoms with Crippen LogP contribution in [-0.2, 0) is 16.0 Å². The molecule has 178 valence electrons. The van der Waals surface area contributed by atoms with Gasteiger partial charge >= 0.3 is 5.97 Å². The molecule has 0 bridgehead atoms. The summed E-state index contributed by atoms with van der Waals surface area (Å²) < 4.78 is 5.96. The Kier molecular flexibility index (Phi) is 7.68. The van der Waals surface area contributed by atoms with Crippen molar-refractivity contribution in [1.82, 2.24) is 5.32 Å². The maximum Gasteiger partial charge on any atom is 0.306 e. The number of ketones is 1. The molecule has 0 unspecified atom stereocenters. The number of rotatable bonds is 9. The quantitative estimate of drug-likeness (QED) is 0.385. The van der Waals surface area contributed by atoms with Crippen molar-refractivity contribution in [2.45, 2.75) is 51.0 Å². The number of benzene rings is 2. The van der Waals surface area contributed by atoms with Gasteiger partial charge in [-0.25, -0.2) is 0 Å². The van der Waals surface area contributed by atoms with Gasteiger partial charge in [-0.1, -0.05) is 17.7 Å². The number of carboxylic acid groups (broad SMARTS) is 1. The highest BCUT2D eigenvalue weighted by Crippen LogP contribution is 2.29. The molecule has 2 aromatic carbocycles. The van der Waals surface area contributed by atoms with Crippen molar-refractivity contribution in [3.8, 4) is 5.75 Å². The van der Waals surface area contributed by atoms with E-state index in [1.54, 1.807) is 24.3 Å². The number of carboxylic acids is 1. The van der Waals surface area contributed by atoms with Crippen LogP contribution in [0.1, 0.15) is 60.0 Å². The SMILES string of the molecule is O=C(NCCCC(=O)c1ccc(OC2CCC(C(=O)O)CC2)cc1)C1=Cc2cc(Cl)ccc2C1. The number of hydrogen-bond donors (Lipinski definition) is 2. The lowest BCUT2D eigenvalue weighted by Crippen LogP contribution is -2.27. The van der Waals surface area contributed by atoms with Gasteiger partial charge in [0.15, 0.2) is 5.78 Å². The van der Waals surface area contributed by atoms with Gasteiger partial charge in [0.2, 0.25) is 5.91 Å². The first-order valence-corrected chi connectivity index (χ1v) is 12.1. The van der Waals surface area contributed by atoms with Crippen LogP contribution < -0.4 is 10.1 Å². The van der Waals surface area contributed by atoms with E-state index >= 15 is 0 Å². The van der Waals surface area contributed by atoms with Crippen molar-refractivity contribution in [2.24, 2.45) is 5.92 Å². The molecule has 6 nitrogen and oxygen atoms in total. The molecule has 0 radical (unpaired) electrons. The number of halogens is 1. The van der Waals surface area contributed by atoms with Gasteiger partial charge in [0.25, 0.3) is 0 Å². The third-order valence-corrected chi connectivity index (χ3v) is 6.71. The number of ether oxygens (including phenoxy) is 1. The van der Waals surface area contributed by atoms with Crippen LogP contribution in [0.2, 0.25) is 5.02 Å². The average molecular weight is 482 g/mol. The summed E-state index contributed by atoms with van der Waals surface area (Å²) >= 11 is 6.01. The maximum atomic E-state index is 12.5. The van der Waals surface area contributed by atoms with Gasteiger partial charge in [-0.3, -0.25) is 14.4 Å². The summed E-state index contributed by atoms with van der Waals surface area (Å²) in [4.78, 5) is 36.0. The van der Waals surface area contributed by atoms with Crippen LogP contribution in [-0.4, -0.2) is 35.4 Å². The van der Waals surface area contributed by atoms with Crippen LogP contribution in [0.3, 0.4) is 0 Å². The number of nitrogens with one attached hydrogen (secondary N) is 1. The molecule has 0 aromatic heterocycles. The number of amides is 1. The topological polar surface area (TPSA) is 92.7 Å². The van der Waals surface area contributed by atoms with Crippen LogP contribution in [0.4, 0.5) is 0 Å². The molecule has 1 amide bonds. The van der Waals surface area contributed by atoms with Gasteiger partial charge in [0, 0.05) is 35.5 Å². The summed E-state index contributed by atoms with van der Waals surface area (Å²) in [5.41, 5.74) is 3.38. The monoisotopic (exact) mass is 481 g/mol. The van der Waals surface area contributed by atoms with Crippen molar-refractivity contribution in [3.05, 3.63) is 69.8 Å². The molecule has 0 atom stereocenters. The zero-order valence-electron chi connectivity index (χ0n) is 18.9. The molecular weight excluding hydrogens is 454 g/mol. The lowest BCUT2D eigenvalue weighted by molar-refractivity contribution is -0.143. The van der Waals surface area contributed by atoms with Gasteiger partial charge < -0.3 is 15.2 Å². The van der Waals surface area contributed by atoms with Crippen molar-refractivity contribution < 1.29 is 24.2 Å². The van der Waals surface area contributed by atoms with Crippen LogP contribution in [0.25, 0.3) is 6.08 Å². The molecule has 2 aliphatic carbocycles. The fourth-order valence-electron chi connectivity index (χ4n) is 4.50. The highest BCUT2D eigenvalue weighted by Gasteiger charge is 2.27. The fourth-order valence-corrected chi connectivity index (χ4v) is 4.68. The van der Waals surface area contributed by atoms with E-state index in [9.17, 15) is 14.4 Å². The van der Waals surface area contributed by atoms with E-state index in [1.807, 2.05) is 24.3 Å². The average Bonchev–Trinajstić information content (AvgIpc) is 3.26. The fraction of sp³-hybridized carbons (Fsp3) is 0.370. The summed E-state index contributed by atoms with van der Waals surface area (Å²) in [6.45, 7) is 0.430. The summed E-state index contributed by atoms with van der Waals surface area (Å²) in [5, 5.41) is 12.6.